The van der Waals surface area contributed by atoms with E-state index in [1.807, 2.05) is 6.07 Å². The monoisotopic (exact) mass is 368 g/mol. The number of hydrogen-bond acceptors (Lipinski definition) is 6. The number of anilines is 1. The molecule has 1 N–H and O–H groups in total. The molecular formula is C20H24N4O3. The van der Waals surface area contributed by atoms with Gasteiger partial charge in [-0.15, -0.1) is 0 Å². The number of aromatic nitrogens is 2. The van der Waals surface area contributed by atoms with Crippen LogP contribution in [0.25, 0.3) is 10.9 Å². The fraction of sp³-hybridized carbons (Fsp3) is 0.550. The third-order valence-corrected chi connectivity index (χ3v) is 5.82. The highest BCUT2D eigenvalue weighted by atomic mass is 16.5. The van der Waals surface area contributed by atoms with Crippen molar-refractivity contribution in [2.45, 2.75) is 32.3 Å². The summed E-state index contributed by atoms with van der Waals surface area (Å²) in [5.74, 6) is 0. The Morgan fingerprint density at radius 2 is 2.07 bits per heavy atom. The second-order valence-corrected chi connectivity index (χ2v) is 7.54. The molecule has 0 unspecified atom stereocenters. The Bertz CT molecular complexity index is 933. The highest BCUT2D eigenvalue weighted by Crippen LogP contribution is 2.54. The molecule has 1 aliphatic heterocycles. The number of H-pyrrole nitrogens is 1. The van der Waals surface area contributed by atoms with Crippen molar-refractivity contribution in [1.29, 1.82) is 5.26 Å². The van der Waals surface area contributed by atoms with Crippen LogP contribution in [0.3, 0.4) is 0 Å². The van der Waals surface area contributed by atoms with Gasteiger partial charge >= 0.3 is 0 Å². The summed E-state index contributed by atoms with van der Waals surface area (Å²) in [6.07, 6.45) is 6.54. The normalized spacial score (nSPS) is 18.0. The standard InChI is InChI=1S/C20H24N4O3/c1-26-8-9-27-13-14-10-15-17(12-22-14)23-19(25)16(11-21)18(15)24-6-4-20(2-3-20)5-7-24/h10,12H,2-9,13H2,1H3,(H,23,25). The maximum absolute atomic E-state index is 12.4. The molecule has 3 heterocycles. The van der Waals surface area contributed by atoms with E-state index in [1.54, 1.807) is 13.3 Å². The van der Waals surface area contributed by atoms with E-state index in [0.29, 0.717) is 30.8 Å². The molecule has 1 saturated heterocycles. The highest BCUT2D eigenvalue weighted by molar-refractivity contribution is 5.94. The second kappa shape index (κ2) is 7.29. The number of nitriles is 1. The number of methoxy groups -OCH3 is 1. The lowest BCUT2D eigenvalue weighted by molar-refractivity contribution is 0.0603. The smallest absolute Gasteiger partial charge is 0.268 e. The van der Waals surface area contributed by atoms with Crippen molar-refractivity contribution in [1.82, 2.24) is 9.97 Å². The molecule has 1 saturated carbocycles. The van der Waals surface area contributed by atoms with Crippen molar-refractivity contribution in [2.75, 3.05) is 38.3 Å². The number of pyridine rings is 2. The van der Waals surface area contributed by atoms with Crippen LogP contribution in [-0.4, -0.2) is 43.4 Å². The Kier molecular flexibility index (Phi) is 4.85. The topological polar surface area (TPSA) is 91.2 Å². The van der Waals surface area contributed by atoms with Gasteiger partial charge in [-0.3, -0.25) is 9.78 Å². The van der Waals surface area contributed by atoms with E-state index in [1.165, 1.54) is 12.8 Å². The molecule has 2 aliphatic rings. The molecule has 0 atom stereocenters. The molecule has 2 aromatic rings. The lowest BCUT2D eigenvalue weighted by Gasteiger charge is -2.34. The first-order valence-corrected chi connectivity index (χ1v) is 9.42. The molecule has 7 heteroatoms. The summed E-state index contributed by atoms with van der Waals surface area (Å²) in [5.41, 5.74) is 2.53. The molecule has 7 nitrogen and oxygen atoms in total. The number of nitrogens with one attached hydrogen (secondary N) is 1. The maximum Gasteiger partial charge on any atom is 0.268 e. The number of piperidine rings is 1. The summed E-state index contributed by atoms with van der Waals surface area (Å²) >= 11 is 0. The van der Waals surface area contributed by atoms with Gasteiger partial charge in [0.25, 0.3) is 5.56 Å². The fourth-order valence-corrected chi connectivity index (χ4v) is 3.93. The average molecular weight is 368 g/mol. The zero-order valence-corrected chi connectivity index (χ0v) is 15.6. The van der Waals surface area contributed by atoms with Crippen LogP contribution in [0.2, 0.25) is 0 Å². The molecule has 0 radical (unpaired) electrons. The fourth-order valence-electron chi connectivity index (χ4n) is 3.93. The van der Waals surface area contributed by atoms with E-state index in [9.17, 15) is 10.1 Å². The molecule has 27 heavy (non-hydrogen) atoms. The lowest BCUT2D eigenvalue weighted by Crippen LogP contribution is -2.36. The first-order chi connectivity index (χ1) is 13.2. The van der Waals surface area contributed by atoms with E-state index in [-0.39, 0.29) is 11.1 Å². The van der Waals surface area contributed by atoms with Gasteiger partial charge in [-0.25, -0.2) is 0 Å². The van der Waals surface area contributed by atoms with Crippen LogP contribution in [0.15, 0.2) is 17.1 Å². The first-order valence-electron chi connectivity index (χ1n) is 9.42. The average Bonchev–Trinajstić information content (AvgIpc) is 3.44. The van der Waals surface area contributed by atoms with Crippen molar-refractivity contribution >= 4 is 16.6 Å². The molecule has 142 valence electrons. The minimum atomic E-state index is -0.349. The molecule has 0 aromatic carbocycles. The van der Waals surface area contributed by atoms with E-state index in [4.69, 9.17) is 9.47 Å². The molecule has 2 aromatic heterocycles. The SMILES string of the molecule is COCCOCc1cc2c(N3CCC4(CC3)CC4)c(C#N)c(=O)[nH]c2cn1. The van der Waals surface area contributed by atoms with Gasteiger partial charge in [0.2, 0.25) is 0 Å². The van der Waals surface area contributed by atoms with Crippen LogP contribution in [0.1, 0.15) is 36.9 Å². The van der Waals surface area contributed by atoms with E-state index >= 15 is 0 Å². The van der Waals surface area contributed by atoms with Gasteiger partial charge in [-0.1, -0.05) is 0 Å². The molecule has 2 fully saturated rings. The maximum atomic E-state index is 12.4. The number of aromatic amines is 1. The van der Waals surface area contributed by atoms with Crippen molar-refractivity contribution in [3.63, 3.8) is 0 Å². The zero-order valence-electron chi connectivity index (χ0n) is 15.6. The predicted octanol–water partition coefficient (Wildman–Crippen LogP) is 2.34. The lowest BCUT2D eigenvalue weighted by atomic mass is 9.92. The van der Waals surface area contributed by atoms with Gasteiger partial charge in [0.05, 0.1) is 42.9 Å². The van der Waals surface area contributed by atoms with Crippen LogP contribution in [0.5, 0.6) is 0 Å². The second-order valence-electron chi connectivity index (χ2n) is 7.54. The van der Waals surface area contributed by atoms with Gasteiger partial charge < -0.3 is 19.4 Å². The van der Waals surface area contributed by atoms with Crippen LogP contribution in [0.4, 0.5) is 5.69 Å². The number of ether oxygens (including phenoxy) is 2. The number of nitrogens with zero attached hydrogens (tertiary/aromatic N) is 3. The summed E-state index contributed by atoms with van der Waals surface area (Å²) in [6, 6.07) is 4.04. The molecule has 1 spiro atoms. The molecular weight excluding hydrogens is 344 g/mol. The van der Waals surface area contributed by atoms with Gasteiger partial charge in [-0.2, -0.15) is 5.26 Å². The highest BCUT2D eigenvalue weighted by Gasteiger charge is 2.44. The Morgan fingerprint density at radius 1 is 1.30 bits per heavy atom. The van der Waals surface area contributed by atoms with Crippen LogP contribution >= 0.6 is 0 Å². The summed E-state index contributed by atoms with van der Waals surface area (Å²) < 4.78 is 10.6. The number of fused-ring (bicyclic) bond motifs is 1. The minimum absolute atomic E-state index is 0.187. The van der Waals surface area contributed by atoms with Crippen molar-refractivity contribution in [3.8, 4) is 6.07 Å². The van der Waals surface area contributed by atoms with Crippen molar-refractivity contribution in [2.24, 2.45) is 5.41 Å². The largest absolute Gasteiger partial charge is 0.382 e. The summed E-state index contributed by atoms with van der Waals surface area (Å²) in [5, 5.41) is 10.5. The summed E-state index contributed by atoms with van der Waals surface area (Å²) in [6.45, 7) is 3.15. The number of hydrogen-bond donors (Lipinski definition) is 1. The van der Waals surface area contributed by atoms with Crippen LogP contribution in [-0.2, 0) is 16.1 Å². The third kappa shape index (κ3) is 3.55. The summed E-state index contributed by atoms with van der Waals surface area (Å²) in [4.78, 5) is 21.8. The Morgan fingerprint density at radius 3 is 2.74 bits per heavy atom. The van der Waals surface area contributed by atoms with E-state index < -0.39 is 0 Å². The van der Waals surface area contributed by atoms with Crippen molar-refractivity contribution < 1.29 is 9.47 Å². The molecule has 0 amide bonds. The van der Waals surface area contributed by atoms with Gasteiger partial charge in [0.1, 0.15) is 11.6 Å². The van der Waals surface area contributed by atoms with E-state index in [2.05, 4.69) is 20.9 Å². The molecule has 4 rings (SSSR count). The van der Waals surface area contributed by atoms with Crippen LogP contribution in [0, 0.1) is 16.7 Å². The van der Waals surface area contributed by atoms with E-state index in [0.717, 1.165) is 42.7 Å². The Balaban J connectivity index is 1.69. The van der Waals surface area contributed by atoms with Crippen LogP contribution < -0.4 is 10.5 Å². The first kappa shape index (κ1) is 18.0. The van der Waals surface area contributed by atoms with Gasteiger partial charge in [0.15, 0.2) is 0 Å². The van der Waals surface area contributed by atoms with Crippen molar-refractivity contribution in [3.05, 3.63) is 33.9 Å². The number of rotatable bonds is 6. The Hall–Kier alpha value is -2.43. The van der Waals surface area contributed by atoms with Gasteiger partial charge in [0, 0.05) is 25.6 Å². The predicted molar refractivity (Wildman–Crippen MR) is 102 cm³/mol. The summed E-state index contributed by atoms with van der Waals surface area (Å²) in [7, 11) is 1.63. The zero-order chi connectivity index (χ0) is 18.9. The quantitative estimate of drug-likeness (QED) is 0.787. The van der Waals surface area contributed by atoms with Gasteiger partial charge in [-0.05, 0) is 37.2 Å². The molecule has 1 aliphatic carbocycles. The minimum Gasteiger partial charge on any atom is -0.382 e. The molecule has 0 bridgehead atoms. The third-order valence-electron chi connectivity index (χ3n) is 5.82. The Labute approximate surface area is 157 Å².